The maximum Gasteiger partial charge on any atom is 0.0606 e. The van der Waals surface area contributed by atoms with Gasteiger partial charge in [0.1, 0.15) is 0 Å². The molecule has 0 radical (unpaired) electrons. The highest BCUT2D eigenvalue weighted by Crippen LogP contribution is 2.14. The summed E-state index contributed by atoms with van der Waals surface area (Å²) in [6.07, 6.45) is 0. The molecule has 0 heterocycles. The Morgan fingerprint density at radius 2 is 0.792 bits per heavy atom. The first-order valence-electron chi connectivity index (χ1n) is 8.80. The Hall–Kier alpha value is 0.220. The minimum absolute atomic E-state index is 0.0292. The third-order valence-electron chi connectivity index (χ3n) is 2.09. The van der Waals surface area contributed by atoms with Crippen molar-refractivity contribution in [1.82, 2.24) is 9.44 Å². The lowest BCUT2D eigenvalue weighted by atomic mass is 10.1. The molecule has 0 aliphatic heterocycles. The summed E-state index contributed by atoms with van der Waals surface area (Å²) >= 11 is 0. The van der Waals surface area contributed by atoms with Crippen molar-refractivity contribution in [3.8, 4) is 0 Å². The first kappa shape index (κ1) is 24.2. The van der Waals surface area contributed by atoms with Crippen LogP contribution in [0.3, 0.4) is 0 Å². The van der Waals surface area contributed by atoms with Crippen LogP contribution in [0.1, 0.15) is 83.1 Å². The summed E-state index contributed by atoms with van der Waals surface area (Å²) in [4.78, 5) is 0. The van der Waals surface area contributed by atoms with Crippen LogP contribution < -0.4 is 9.44 Å². The lowest BCUT2D eigenvalue weighted by Crippen LogP contribution is -2.42. The summed E-state index contributed by atoms with van der Waals surface area (Å²) in [7, 11) is -0.318. The zero-order valence-corrected chi connectivity index (χ0v) is 19.8. The molecule has 4 nitrogen and oxygen atoms in total. The van der Waals surface area contributed by atoms with Gasteiger partial charge >= 0.3 is 0 Å². The maximum atomic E-state index is 5.01. The second kappa shape index (κ2) is 8.74. The van der Waals surface area contributed by atoms with Crippen molar-refractivity contribution in [2.24, 2.45) is 8.73 Å². The molecule has 24 heavy (non-hydrogen) atoms. The topological polar surface area (TPSA) is 48.8 Å². The van der Waals surface area contributed by atoms with Gasteiger partial charge < -0.3 is 0 Å². The highest BCUT2D eigenvalue weighted by molar-refractivity contribution is 7.89. The Balaban J connectivity index is 5.31. The summed E-state index contributed by atoms with van der Waals surface area (Å²) in [5.41, 5.74) is 0.0708. The van der Waals surface area contributed by atoms with Crippen LogP contribution in [-0.4, -0.2) is 33.7 Å². The second-order valence-electron chi connectivity index (χ2n) is 10.4. The number of hydrogen-bond donors (Lipinski definition) is 2. The van der Waals surface area contributed by atoms with Crippen LogP contribution >= 0.6 is 0 Å². The van der Waals surface area contributed by atoms with Crippen molar-refractivity contribution < 1.29 is 0 Å². The van der Waals surface area contributed by atoms with E-state index in [9.17, 15) is 0 Å². The van der Waals surface area contributed by atoms with Crippen LogP contribution in [0.2, 0.25) is 0 Å². The first-order chi connectivity index (χ1) is 10.4. The third-order valence-corrected chi connectivity index (χ3v) is 6.76. The van der Waals surface area contributed by atoms with E-state index in [0.29, 0.717) is 0 Å². The number of nitrogens with one attached hydrogen (secondary N) is 2. The zero-order chi connectivity index (χ0) is 19.4. The molecule has 0 aromatic rings. The highest BCUT2D eigenvalue weighted by atomic mass is 32.2. The van der Waals surface area contributed by atoms with Gasteiger partial charge in [0, 0.05) is 22.6 Å². The Labute approximate surface area is 156 Å². The van der Waals surface area contributed by atoms with Gasteiger partial charge in [-0.15, -0.1) is 0 Å². The van der Waals surface area contributed by atoms with Gasteiger partial charge in [-0.3, -0.25) is 9.44 Å². The van der Waals surface area contributed by atoms with E-state index in [1.54, 1.807) is 0 Å². The molecule has 2 unspecified atom stereocenters. The van der Waals surface area contributed by atoms with E-state index >= 15 is 0 Å². The average Bonchev–Trinajstić information content (AvgIpc) is 2.16. The van der Waals surface area contributed by atoms with Crippen LogP contribution in [0.15, 0.2) is 8.73 Å². The van der Waals surface area contributed by atoms with E-state index in [2.05, 4.69) is 92.5 Å². The van der Waals surface area contributed by atoms with Crippen molar-refractivity contribution in [2.45, 2.75) is 105 Å². The van der Waals surface area contributed by atoms with Crippen LogP contribution in [0, 0.1) is 0 Å². The lowest BCUT2D eigenvalue weighted by molar-refractivity contribution is 0.525. The summed E-state index contributed by atoms with van der Waals surface area (Å²) in [5.74, 6) is 2.03. The molecule has 0 bridgehead atoms. The molecule has 0 fully saturated rings. The minimum Gasteiger partial charge on any atom is -0.250 e. The predicted octanol–water partition coefficient (Wildman–Crippen LogP) is 4.79. The van der Waals surface area contributed by atoms with Gasteiger partial charge in [0.25, 0.3) is 0 Å². The molecule has 0 rings (SSSR count). The monoisotopic (exact) mass is 378 g/mol. The molecule has 2 N–H and O–H groups in total. The van der Waals surface area contributed by atoms with E-state index in [1.807, 2.05) is 0 Å². The van der Waals surface area contributed by atoms with Crippen LogP contribution in [0.4, 0.5) is 0 Å². The van der Waals surface area contributed by atoms with E-state index in [-0.39, 0.29) is 43.9 Å². The fourth-order valence-corrected chi connectivity index (χ4v) is 6.24. The standard InChI is InChI=1S/C18H42N4S2/c1-15(2,3)19-23(20-16(4,5)6)13-14-24(21-17(7,8)9)22-18(10,11)12/h13-14H2,1-12H3,(H,19,20)(H,21,22). The molecule has 2 atom stereocenters. The Kier molecular flexibility index (Phi) is 8.82. The maximum absolute atomic E-state index is 5.01. The Bertz CT molecular complexity index is 411. The van der Waals surface area contributed by atoms with E-state index < -0.39 is 0 Å². The molecular weight excluding hydrogens is 336 g/mol. The molecule has 0 spiro atoms. The smallest absolute Gasteiger partial charge is 0.0606 e. The minimum atomic E-state index is -0.159. The van der Waals surface area contributed by atoms with E-state index in [0.717, 1.165) is 11.5 Å². The van der Waals surface area contributed by atoms with Crippen LogP contribution in [-0.2, 0) is 21.8 Å². The second-order valence-corrected chi connectivity index (χ2v) is 13.4. The molecule has 0 aliphatic rings. The van der Waals surface area contributed by atoms with Crippen molar-refractivity contribution >= 4 is 21.8 Å². The van der Waals surface area contributed by atoms with Gasteiger partial charge in [-0.2, -0.15) is 0 Å². The molecule has 0 amide bonds. The quantitative estimate of drug-likeness (QED) is 0.722. The molecule has 0 saturated carbocycles. The number of hydrogen-bond acceptors (Lipinski definition) is 2. The van der Waals surface area contributed by atoms with Gasteiger partial charge in [-0.25, -0.2) is 8.73 Å². The molecule has 0 aromatic carbocycles. The van der Waals surface area contributed by atoms with Crippen LogP contribution in [0.25, 0.3) is 0 Å². The van der Waals surface area contributed by atoms with Gasteiger partial charge in [0.15, 0.2) is 0 Å². The van der Waals surface area contributed by atoms with Crippen molar-refractivity contribution in [3.05, 3.63) is 0 Å². The summed E-state index contributed by atoms with van der Waals surface area (Å²) in [5, 5.41) is 0. The van der Waals surface area contributed by atoms with Gasteiger partial charge in [-0.05, 0) is 105 Å². The Morgan fingerprint density at radius 3 is 0.958 bits per heavy atom. The SMILES string of the molecule is CC(C)(C)N=S(CCS(=NC(C)(C)C)NC(C)(C)C)NC(C)(C)C. The van der Waals surface area contributed by atoms with Crippen LogP contribution in [0.5, 0.6) is 0 Å². The third kappa shape index (κ3) is 15.7. The number of rotatable bonds is 5. The molecule has 0 saturated heterocycles. The number of nitrogens with zero attached hydrogens (tertiary/aromatic N) is 2. The zero-order valence-electron chi connectivity index (χ0n) is 18.1. The molecule has 0 aliphatic carbocycles. The first-order valence-corrected chi connectivity index (χ1v) is 11.5. The van der Waals surface area contributed by atoms with Gasteiger partial charge in [0.05, 0.1) is 11.1 Å². The molecule has 6 heteroatoms. The average molecular weight is 379 g/mol. The highest BCUT2D eigenvalue weighted by Gasteiger charge is 2.19. The normalized spacial score (nSPS) is 17.3. The molecule has 146 valence electrons. The van der Waals surface area contributed by atoms with Crippen molar-refractivity contribution in [1.29, 1.82) is 0 Å². The fraction of sp³-hybridized carbons (Fsp3) is 1.00. The molecular formula is C18H42N4S2. The largest absolute Gasteiger partial charge is 0.250 e. The van der Waals surface area contributed by atoms with E-state index in [4.69, 9.17) is 8.73 Å². The van der Waals surface area contributed by atoms with Crippen molar-refractivity contribution in [3.63, 3.8) is 0 Å². The summed E-state index contributed by atoms with van der Waals surface area (Å²) < 4.78 is 17.4. The lowest BCUT2D eigenvalue weighted by Gasteiger charge is -2.28. The molecule has 0 aromatic heterocycles. The summed E-state index contributed by atoms with van der Waals surface area (Å²) in [6.45, 7) is 26.3. The van der Waals surface area contributed by atoms with E-state index in [1.165, 1.54) is 0 Å². The summed E-state index contributed by atoms with van der Waals surface area (Å²) in [6, 6.07) is 0. The van der Waals surface area contributed by atoms with Crippen molar-refractivity contribution in [2.75, 3.05) is 11.5 Å². The van der Waals surface area contributed by atoms with Gasteiger partial charge in [-0.1, -0.05) is 0 Å². The fourth-order valence-electron chi connectivity index (χ4n) is 1.76. The van der Waals surface area contributed by atoms with Gasteiger partial charge in [0.2, 0.25) is 0 Å². The Morgan fingerprint density at radius 1 is 0.542 bits per heavy atom. The predicted molar refractivity (Wildman–Crippen MR) is 115 cm³/mol.